The van der Waals surface area contributed by atoms with Crippen molar-refractivity contribution in [2.45, 2.75) is 30.3 Å². The molecule has 3 aromatic carbocycles. The van der Waals surface area contributed by atoms with Crippen molar-refractivity contribution in [3.05, 3.63) is 114 Å². The molecule has 1 saturated carbocycles. The molecular weight excluding hydrogens is 494 g/mol. The number of ether oxygens (including phenoxy) is 3. The zero-order chi connectivity index (χ0) is 27.2. The minimum atomic E-state index is -0.997. The molecule has 0 aliphatic heterocycles. The highest BCUT2D eigenvalue weighted by molar-refractivity contribution is 5.49. The summed E-state index contributed by atoms with van der Waals surface area (Å²) in [4.78, 5) is 8.13. The van der Waals surface area contributed by atoms with Crippen LogP contribution in [0.25, 0.3) is 0 Å². The summed E-state index contributed by atoms with van der Waals surface area (Å²) in [7, 11) is 3.27. The molecular formula is C31H33N3O5. The van der Waals surface area contributed by atoms with Gasteiger partial charge in [0.05, 0.1) is 33.0 Å². The first-order chi connectivity index (χ1) is 19.0. The second-order valence-corrected chi connectivity index (χ2v) is 9.64. The lowest BCUT2D eigenvalue weighted by molar-refractivity contribution is -0.0482. The molecule has 0 unspecified atom stereocenters. The first-order valence-corrected chi connectivity index (χ1v) is 12.9. The van der Waals surface area contributed by atoms with Gasteiger partial charge >= 0.3 is 0 Å². The Balaban J connectivity index is 1.51. The minimum absolute atomic E-state index is 0.202. The van der Waals surface area contributed by atoms with Crippen molar-refractivity contribution in [2.24, 2.45) is 5.92 Å². The van der Waals surface area contributed by atoms with Crippen LogP contribution in [-0.4, -0.2) is 59.3 Å². The molecule has 0 saturated heterocycles. The van der Waals surface area contributed by atoms with Crippen LogP contribution in [-0.2, 0) is 10.3 Å². The van der Waals surface area contributed by atoms with Gasteiger partial charge in [0, 0.05) is 12.1 Å². The lowest BCUT2D eigenvalue weighted by Gasteiger charge is -2.37. The van der Waals surface area contributed by atoms with Crippen LogP contribution in [0.2, 0.25) is 0 Å². The van der Waals surface area contributed by atoms with Crippen molar-refractivity contribution in [2.75, 3.05) is 26.1 Å². The summed E-state index contributed by atoms with van der Waals surface area (Å²) in [6.07, 6.45) is 1.64. The minimum Gasteiger partial charge on any atom is -0.497 e. The number of hydrogen-bond acceptors (Lipinski definition) is 8. The number of nitrogens with zero attached hydrogens (tertiary/aromatic N) is 2. The summed E-state index contributed by atoms with van der Waals surface area (Å²) in [5.41, 5.74) is 1.75. The Morgan fingerprint density at radius 3 is 1.92 bits per heavy atom. The summed E-state index contributed by atoms with van der Waals surface area (Å²) in [6, 6.07) is 27.0. The Bertz CT molecular complexity index is 1270. The second-order valence-electron chi connectivity index (χ2n) is 9.64. The first kappa shape index (κ1) is 26.6. The van der Waals surface area contributed by atoms with E-state index < -0.39 is 17.8 Å². The molecule has 0 bridgehead atoms. The maximum Gasteiger partial charge on any atom is 0.143 e. The number of hydrogen-bond donors (Lipinski definition) is 3. The number of anilines is 1. The summed E-state index contributed by atoms with van der Waals surface area (Å²) < 4.78 is 17.8. The Morgan fingerprint density at radius 1 is 0.795 bits per heavy atom. The third kappa shape index (κ3) is 5.45. The fourth-order valence-corrected chi connectivity index (χ4v) is 5.31. The van der Waals surface area contributed by atoms with Gasteiger partial charge in [-0.2, -0.15) is 0 Å². The van der Waals surface area contributed by atoms with Gasteiger partial charge in [-0.3, -0.25) is 0 Å². The van der Waals surface area contributed by atoms with Gasteiger partial charge in [0.1, 0.15) is 35.3 Å². The van der Waals surface area contributed by atoms with Crippen LogP contribution in [0.1, 0.15) is 23.1 Å². The van der Waals surface area contributed by atoms with E-state index in [0.717, 1.165) is 28.2 Å². The largest absolute Gasteiger partial charge is 0.497 e. The molecule has 0 radical (unpaired) electrons. The van der Waals surface area contributed by atoms with Gasteiger partial charge in [0.2, 0.25) is 0 Å². The molecule has 4 atom stereocenters. The topological polar surface area (TPSA) is 106 Å². The number of aliphatic hydroxyl groups is 2. The van der Waals surface area contributed by atoms with Crippen LogP contribution in [0.3, 0.4) is 0 Å². The van der Waals surface area contributed by atoms with E-state index in [4.69, 9.17) is 14.2 Å². The molecule has 1 aromatic heterocycles. The van der Waals surface area contributed by atoms with E-state index in [0.29, 0.717) is 12.2 Å². The van der Waals surface area contributed by atoms with Crippen LogP contribution in [0, 0.1) is 5.92 Å². The fourth-order valence-electron chi connectivity index (χ4n) is 5.31. The smallest absolute Gasteiger partial charge is 0.143 e. The Labute approximate surface area is 228 Å². The molecule has 202 valence electrons. The predicted molar refractivity (Wildman–Crippen MR) is 148 cm³/mol. The summed E-state index contributed by atoms with van der Waals surface area (Å²) >= 11 is 0. The number of aromatic nitrogens is 2. The number of rotatable bonds is 10. The van der Waals surface area contributed by atoms with Gasteiger partial charge in [-0.05, 0) is 53.4 Å². The van der Waals surface area contributed by atoms with E-state index in [1.54, 1.807) is 26.5 Å². The van der Waals surface area contributed by atoms with Crippen molar-refractivity contribution in [3.63, 3.8) is 0 Å². The molecule has 1 fully saturated rings. The zero-order valence-electron chi connectivity index (χ0n) is 22.0. The normalized spacial score (nSPS) is 20.9. The first-order valence-electron chi connectivity index (χ1n) is 12.9. The zero-order valence-corrected chi connectivity index (χ0v) is 22.0. The Kier molecular flexibility index (Phi) is 8.07. The molecule has 4 aromatic rings. The van der Waals surface area contributed by atoms with Crippen LogP contribution in [0.5, 0.6) is 11.5 Å². The predicted octanol–water partition coefficient (Wildman–Crippen LogP) is 4.02. The van der Waals surface area contributed by atoms with Gasteiger partial charge < -0.3 is 29.7 Å². The van der Waals surface area contributed by atoms with Gasteiger partial charge in [-0.25, -0.2) is 9.97 Å². The monoisotopic (exact) mass is 527 g/mol. The van der Waals surface area contributed by atoms with E-state index in [2.05, 4.69) is 15.3 Å². The van der Waals surface area contributed by atoms with Gasteiger partial charge in [0.15, 0.2) is 0 Å². The van der Waals surface area contributed by atoms with E-state index >= 15 is 0 Å². The molecule has 0 spiro atoms. The molecule has 1 aliphatic carbocycles. The standard InChI is InChI=1S/C31H33N3O5/c1-37-25-12-8-23(9-13-25)31(22-6-4-3-5-7-22,24-10-14-26(38-2)15-11-24)39-19-21-18-27(30(36)29(21)35)34-28-16-17-32-20-33-28/h3-17,20-21,27,29-30,35-36H,18-19H2,1-2H3,(H,32,33,34)/t21-,27-,29-,30-/m1/s1. The summed E-state index contributed by atoms with van der Waals surface area (Å²) in [6.45, 7) is 0.202. The number of nitrogens with one attached hydrogen (secondary N) is 1. The van der Waals surface area contributed by atoms with Crippen LogP contribution in [0.15, 0.2) is 97.5 Å². The highest BCUT2D eigenvalue weighted by Crippen LogP contribution is 2.43. The highest BCUT2D eigenvalue weighted by atomic mass is 16.5. The average Bonchev–Trinajstić information content (AvgIpc) is 3.27. The number of methoxy groups -OCH3 is 2. The summed E-state index contributed by atoms with van der Waals surface area (Å²) in [5, 5.41) is 25.1. The molecule has 5 rings (SSSR count). The molecule has 3 N–H and O–H groups in total. The summed E-state index contributed by atoms with van der Waals surface area (Å²) in [5.74, 6) is 1.75. The van der Waals surface area contributed by atoms with Gasteiger partial charge in [0.25, 0.3) is 0 Å². The van der Waals surface area contributed by atoms with E-state index in [-0.39, 0.29) is 18.6 Å². The molecule has 8 heteroatoms. The maximum atomic E-state index is 11.0. The van der Waals surface area contributed by atoms with Crippen molar-refractivity contribution >= 4 is 5.82 Å². The fraction of sp³-hybridized carbons (Fsp3) is 0.290. The third-order valence-electron chi connectivity index (χ3n) is 7.40. The number of aliphatic hydroxyl groups excluding tert-OH is 2. The molecule has 0 amide bonds. The third-order valence-corrected chi connectivity index (χ3v) is 7.40. The van der Waals surface area contributed by atoms with Crippen molar-refractivity contribution in [3.8, 4) is 11.5 Å². The van der Waals surface area contributed by atoms with Crippen LogP contribution >= 0.6 is 0 Å². The van der Waals surface area contributed by atoms with Crippen molar-refractivity contribution in [1.29, 1.82) is 0 Å². The lowest BCUT2D eigenvalue weighted by Crippen LogP contribution is -2.38. The van der Waals surface area contributed by atoms with Gasteiger partial charge in [-0.1, -0.05) is 54.6 Å². The van der Waals surface area contributed by atoms with E-state index in [1.807, 2.05) is 78.9 Å². The van der Waals surface area contributed by atoms with E-state index in [9.17, 15) is 10.2 Å². The quantitative estimate of drug-likeness (QED) is 0.266. The number of benzene rings is 3. The average molecular weight is 528 g/mol. The molecule has 39 heavy (non-hydrogen) atoms. The second kappa shape index (κ2) is 11.8. The maximum absolute atomic E-state index is 11.0. The Hall–Kier alpha value is -3.98. The SMILES string of the molecule is COc1ccc(C(OC[C@H]2C[C@@H](Nc3ccncn3)[C@@H](O)[C@@H]2O)(c2ccccc2)c2ccc(OC)cc2)cc1. The van der Waals surface area contributed by atoms with Gasteiger partial charge in [-0.15, -0.1) is 0 Å². The van der Waals surface area contributed by atoms with Crippen LogP contribution < -0.4 is 14.8 Å². The lowest BCUT2D eigenvalue weighted by atomic mass is 9.79. The molecule has 1 heterocycles. The molecule has 8 nitrogen and oxygen atoms in total. The van der Waals surface area contributed by atoms with Crippen molar-refractivity contribution in [1.82, 2.24) is 9.97 Å². The van der Waals surface area contributed by atoms with Crippen molar-refractivity contribution < 1.29 is 24.4 Å². The Morgan fingerprint density at radius 2 is 1.38 bits per heavy atom. The van der Waals surface area contributed by atoms with Crippen LogP contribution in [0.4, 0.5) is 5.82 Å². The van der Waals surface area contributed by atoms with E-state index in [1.165, 1.54) is 6.33 Å². The molecule has 1 aliphatic rings. The highest BCUT2D eigenvalue weighted by Gasteiger charge is 2.44.